The van der Waals surface area contributed by atoms with Gasteiger partial charge in [0.05, 0.1) is 86.1 Å². The second-order valence-corrected chi connectivity index (χ2v) is 9.79. The minimum absolute atomic E-state index is 0.366. The molecule has 44 heavy (non-hydrogen) atoms. The lowest BCUT2D eigenvalue weighted by Crippen LogP contribution is -2.35. The number of ether oxygens (including phenoxy) is 9. The minimum atomic E-state index is -1.21. The average Bonchev–Trinajstić information content (AvgIpc) is 3.09. The zero-order valence-electron chi connectivity index (χ0n) is 26.7. The van der Waals surface area contributed by atoms with E-state index in [1.807, 2.05) is 54.6 Å². The van der Waals surface area contributed by atoms with Gasteiger partial charge in [0.25, 0.3) is 0 Å². The van der Waals surface area contributed by atoms with Crippen molar-refractivity contribution in [3.63, 3.8) is 0 Å². The molecule has 0 fully saturated rings. The van der Waals surface area contributed by atoms with Crippen molar-refractivity contribution in [2.24, 2.45) is 0 Å². The molecule has 0 saturated heterocycles. The standard InChI is InChI=1S/C35H40O9/c1-36-23-15-26(39-4)32(27(16-23)40-5)35(21-22-13-11-10-12-14-22,33-28(41-6)17-24(37-2)18-29(33)42-7)34-30(43-8)19-25(38-3)20-31(34)44-9/h10-20H,21H2,1-9H3. The maximum atomic E-state index is 6.13. The molecular weight excluding hydrogens is 564 g/mol. The van der Waals surface area contributed by atoms with E-state index >= 15 is 0 Å². The molecule has 0 aliphatic heterocycles. The first kappa shape index (κ1) is 32.0. The molecule has 0 saturated carbocycles. The molecule has 4 rings (SSSR count). The fourth-order valence-corrected chi connectivity index (χ4v) is 5.82. The molecule has 9 nitrogen and oxygen atoms in total. The molecule has 9 heteroatoms. The van der Waals surface area contributed by atoms with Gasteiger partial charge in [-0.1, -0.05) is 30.3 Å². The quantitative estimate of drug-likeness (QED) is 0.153. The lowest BCUT2D eigenvalue weighted by atomic mass is 9.64. The largest absolute Gasteiger partial charge is 0.496 e. The highest BCUT2D eigenvalue weighted by atomic mass is 16.5. The van der Waals surface area contributed by atoms with Crippen LogP contribution in [0.25, 0.3) is 0 Å². The number of rotatable bonds is 14. The van der Waals surface area contributed by atoms with E-state index in [1.165, 1.54) is 0 Å². The summed E-state index contributed by atoms with van der Waals surface area (Å²) in [5.74, 6) is 4.65. The van der Waals surface area contributed by atoms with Crippen LogP contribution in [0.4, 0.5) is 0 Å². The Kier molecular flexibility index (Phi) is 10.2. The van der Waals surface area contributed by atoms with Crippen LogP contribution in [0.15, 0.2) is 66.7 Å². The SMILES string of the molecule is COc1cc(OC)c(C(Cc2ccccc2)(c2c(OC)cc(OC)cc2OC)c2c(OC)cc(OC)cc2OC)c(OC)c1. The van der Waals surface area contributed by atoms with Crippen molar-refractivity contribution < 1.29 is 42.6 Å². The summed E-state index contributed by atoms with van der Waals surface area (Å²) in [6, 6.07) is 21.0. The average molecular weight is 605 g/mol. The van der Waals surface area contributed by atoms with Gasteiger partial charge in [0, 0.05) is 36.4 Å². The van der Waals surface area contributed by atoms with Crippen molar-refractivity contribution in [2.45, 2.75) is 11.8 Å². The first-order valence-electron chi connectivity index (χ1n) is 13.8. The Morgan fingerprint density at radius 1 is 0.386 bits per heavy atom. The predicted molar refractivity (Wildman–Crippen MR) is 168 cm³/mol. The first-order valence-corrected chi connectivity index (χ1v) is 13.8. The summed E-state index contributed by atoms with van der Waals surface area (Å²) in [7, 11) is 14.4. The molecule has 4 aromatic carbocycles. The Hall–Kier alpha value is -4.92. The molecule has 0 aliphatic carbocycles. The molecule has 0 radical (unpaired) electrons. The summed E-state index contributed by atoms with van der Waals surface area (Å²) >= 11 is 0. The highest BCUT2D eigenvalue weighted by molar-refractivity contribution is 5.74. The Morgan fingerprint density at radius 2 is 0.659 bits per heavy atom. The third kappa shape index (κ3) is 5.69. The summed E-state index contributed by atoms with van der Waals surface area (Å²) in [6.45, 7) is 0. The fraction of sp³-hybridized carbons (Fsp3) is 0.314. The van der Waals surface area contributed by atoms with Gasteiger partial charge in [-0.05, 0) is 12.0 Å². The Labute approximate surface area is 259 Å². The van der Waals surface area contributed by atoms with Crippen molar-refractivity contribution in [3.05, 3.63) is 89.0 Å². The molecular formula is C35H40O9. The molecule has 0 unspecified atom stereocenters. The van der Waals surface area contributed by atoms with Crippen LogP contribution >= 0.6 is 0 Å². The first-order chi connectivity index (χ1) is 21.4. The predicted octanol–water partition coefficient (Wildman–Crippen LogP) is 6.34. The third-order valence-electron chi connectivity index (χ3n) is 7.74. The normalized spacial score (nSPS) is 10.9. The zero-order valence-corrected chi connectivity index (χ0v) is 26.7. The van der Waals surface area contributed by atoms with E-state index in [4.69, 9.17) is 42.6 Å². The Balaban J connectivity index is 2.41. The van der Waals surface area contributed by atoms with Gasteiger partial charge in [-0.15, -0.1) is 0 Å². The Bertz CT molecular complexity index is 1340. The number of hydrogen-bond acceptors (Lipinski definition) is 9. The van der Waals surface area contributed by atoms with Gasteiger partial charge in [-0.2, -0.15) is 0 Å². The van der Waals surface area contributed by atoms with Gasteiger partial charge in [0.1, 0.15) is 51.7 Å². The van der Waals surface area contributed by atoms with Crippen LogP contribution in [0.2, 0.25) is 0 Å². The maximum Gasteiger partial charge on any atom is 0.130 e. The number of hydrogen-bond donors (Lipinski definition) is 0. The van der Waals surface area contributed by atoms with E-state index in [2.05, 4.69) is 12.1 Å². The monoisotopic (exact) mass is 604 g/mol. The second-order valence-electron chi connectivity index (χ2n) is 9.79. The van der Waals surface area contributed by atoms with Crippen LogP contribution in [0, 0.1) is 0 Å². The van der Waals surface area contributed by atoms with Gasteiger partial charge in [0.2, 0.25) is 0 Å². The van der Waals surface area contributed by atoms with E-state index in [1.54, 1.807) is 64.0 Å². The van der Waals surface area contributed by atoms with Crippen LogP contribution < -0.4 is 42.6 Å². The highest BCUT2D eigenvalue weighted by Crippen LogP contribution is 2.60. The van der Waals surface area contributed by atoms with Crippen LogP contribution in [-0.2, 0) is 11.8 Å². The van der Waals surface area contributed by atoms with Gasteiger partial charge in [-0.3, -0.25) is 0 Å². The lowest BCUT2D eigenvalue weighted by Gasteiger charge is -2.40. The second kappa shape index (κ2) is 14.0. The molecule has 4 aromatic rings. The molecule has 0 heterocycles. The van der Waals surface area contributed by atoms with E-state index in [9.17, 15) is 0 Å². The minimum Gasteiger partial charge on any atom is -0.496 e. The van der Waals surface area contributed by atoms with Crippen molar-refractivity contribution >= 4 is 0 Å². The van der Waals surface area contributed by atoms with Crippen LogP contribution in [0.3, 0.4) is 0 Å². The van der Waals surface area contributed by atoms with Gasteiger partial charge in [0.15, 0.2) is 0 Å². The van der Waals surface area contributed by atoms with Gasteiger partial charge < -0.3 is 42.6 Å². The van der Waals surface area contributed by atoms with Crippen LogP contribution in [0.1, 0.15) is 22.3 Å². The molecule has 0 aromatic heterocycles. The molecule has 0 amide bonds. The fourth-order valence-electron chi connectivity index (χ4n) is 5.82. The smallest absolute Gasteiger partial charge is 0.130 e. The Morgan fingerprint density at radius 3 is 0.886 bits per heavy atom. The van der Waals surface area contributed by atoms with Crippen LogP contribution in [-0.4, -0.2) is 64.0 Å². The van der Waals surface area contributed by atoms with E-state index < -0.39 is 5.41 Å². The van der Waals surface area contributed by atoms with E-state index in [-0.39, 0.29) is 0 Å². The third-order valence-corrected chi connectivity index (χ3v) is 7.74. The molecule has 0 spiro atoms. The summed E-state index contributed by atoms with van der Waals surface area (Å²) < 4.78 is 53.7. The molecule has 0 atom stereocenters. The summed E-state index contributed by atoms with van der Waals surface area (Å²) in [5.41, 5.74) is 1.77. The van der Waals surface area contributed by atoms with E-state index in [0.717, 1.165) is 5.56 Å². The highest BCUT2D eigenvalue weighted by Gasteiger charge is 2.49. The van der Waals surface area contributed by atoms with Crippen molar-refractivity contribution in [3.8, 4) is 51.7 Å². The zero-order chi connectivity index (χ0) is 31.9. The summed E-state index contributed by atoms with van der Waals surface area (Å²) in [5, 5.41) is 0. The summed E-state index contributed by atoms with van der Waals surface area (Å²) in [4.78, 5) is 0. The van der Waals surface area contributed by atoms with Crippen molar-refractivity contribution in [1.29, 1.82) is 0 Å². The summed E-state index contributed by atoms with van der Waals surface area (Å²) in [6.07, 6.45) is 0.366. The molecule has 0 bridgehead atoms. The van der Waals surface area contributed by atoms with Crippen molar-refractivity contribution in [2.75, 3.05) is 64.0 Å². The van der Waals surface area contributed by atoms with Crippen molar-refractivity contribution in [1.82, 2.24) is 0 Å². The van der Waals surface area contributed by atoms with Gasteiger partial charge >= 0.3 is 0 Å². The molecule has 0 N–H and O–H groups in total. The topological polar surface area (TPSA) is 83.1 Å². The number of benzene rings is 4. The van der Waals surface area contributed by atoms with E-state index in [0.29, 0.717) is 74.9 Å². The molecule has 234 valence electrons. The molecule has 0 aliphatic rings. The lowest BCUT2D eigenvalue weighted by molar-refractivity contribution is 0.327. The maximum absolute atomic E-state index is 6.13. The number of methoxy groups -OCH3 is 9. The van der Waals surface area contributed by atoms with Gasteiger partial charge in [-0.25, -0.2) is 0 Å². The van der Waals surface area contributed by atoms with Crippen LogP contribution in [0.5, 0.6) is 51.7 Å².